The Labute approximate surface area is 298 Å². The second-order valence-corrected chi connectivity index (χ2v) is 13.6. The molecule has 261 valence electrons. The van der Waals surface area contributed by atoms with E-state index in [4.69, 9.17) is 0 Å². The van der Waals surface area contributed by atoms with E-state index in [0.29, 0.717) is 49.7 Å². The molecule has 0 bridgehead atoms. The molecule has 3 unspecified atom stereocenters. The quantitative estimate of drug-likeness (QED) is 0.131. The summed E-state index contributed by atoms with van der Waals surface area (Å²) in [6.07, 6.45) is 12.2. The molecule has 1 aromatic carbocycles. The number of carbonyl (C=O) groups excluding carboxylic acids is 5. The second-order valence-electron chi connectivity index (χ2n) is 13.6. The lowest BCUT2D eigenvalue weighted by Crippen LogP contribution is -2.58. The molecule has 4 atom stereocenters. The van der Waals surface area contributed by atoms with Crippen LogP contribution in [0, 0.1) is 0 Å². The van der Waals surface area contributed by atoms with E-state index in [1.54, 1.807) is 23.8 Å². The van der Waals surface area contributed by atoms with Crippen molar-refractivity contribution in [3.05, 3.63) is 94.4 Å². The maximum atomic E-state index is 13.6. The number of hydrogen-bond donors (Lipinski definition) is 3. The second kappa shape index (κ2) is 15.5. The Morgan fingerprint density at radius 3 is 2.71 bits per heavy atom. The first-order valence-electron chi connectivity index (χ1n) is 17.4. The Bertz CT molecular complexity index is 1840. The maximum Gasteiger partial charge on any atom is 0.364 e. The van der Waals surface area contributed by atoms with Crippen LogP contribution in [0.1, 0.15) is 76.8 Å². The van der Waals surface area contributed by atoms with Gasteiger partial charge in [0.1, 0.15) is 18.1 Å². The van der Waals surface area contributed by atoms with Gasteiger partial charge >= 0.3 is 7.05 Å². The summed E-state index contributed by atoms with van der Waals surface area (Å²) in [5, 5.41) is 15.6. The summed E-state index contributed by atoms with van der Waals surface area (Å²) >= 11 is 0. The highest BCUT2D eigenvalue weighted by Gasteiger charge is 2.52. The lowest BCUT2D eigenvalue weighted by Gasteiger charge is -2.42. The van der Waals surface area contributed by atoms with Gasteiger partial charge in [-0.05, 0) is 81.2 Å². The van der Waals surface area contributed by atoms with Crippen molar-refractivity contribution < 1.29 is 29.0 Å². The maximum absolute atomic E-state index is 13.6. The molecule has 1 saturated heterocycles. The van der Waals surface area contributed by atoms with Crippen LogP contribution in [0.15, 0.2) is 60.9 Å². The molecule has 3 amide bonds. The Kier molecular flexibility index (Phi) is 10.9. The van der Waals surface area contributed by atoms with E-state index >= 15 is 0 Å². The first-order chi connectivity index (χ1) is 24.6. The van der Waals surface area contributed by atoms with Crippen molar-refractivity contribution in [2.24, 2.45) is 0 Å². The van der Waals surface area contributed by atoms with E-state index in [1.165, 1.54) is 18.5 Å². The Hall–Kier alpha value is -4.94. The average Bonchev–Trinajstić information content (AvgIpc) is 3.64. The third-order valence-corrected chi connectivity index (χ3v) is 10.4. The van der Waals surface area contributed by atoms with Crippen LogP contribution in [0.5, 0.6) is 0 Å². The van der Waals surface area contributed by atoms with Crippen molar-refractivity contribution in [2.45, 2.75) is 75.7 Å². The number of nitrogens with one attached hydrogen (secondary N) is 2. The lowest BCUT2D eigenvalue weighted by atomic mass is 9.73. The zero-order valence-electron chi connectivity index (χ0n) is 28.8. The van der Waals surface area contributed by atoms with Gasteiger partial charge in [0.05, 0.1) is 23.7 Å². The number of piperidine rings is 1. The first kappa shape index (κ1) is 35.9. The molecule has 12 nitrogen and oxygen atoms in total. The Morgan fingerprint density at radius 2 is 1.96 bits per heavy atom. The summed E-state index contributed by atoms with van der Waals surface area (Å²) in [7, 11) is 0.624. The van der Waals surface area contributed by atoms with Gasteiger partial charge in [0.25, 0.3) is 13.3 Å². The van der Waals surface area contributed by atoms with E-state index in [9.17, 15) is 29.0 Å². The van der Waals surface area contributed by atoms with Gasteiger partial charge in [0.2, 0.25) is 11.8 Å². The minimum absolute atomic E-state index is 0.0554. The molecular weight excluding hydrogens is 646 g/mol. The van der Waals surface area contributed by atoms with E-state index < -0.39 is 24.4 Å². The molecule has 3 aromatic rings. The normalized spacial score (nSPS) is 22.2. The summed E-state index contributed by atoms with van der Waals surface area (Å²) in [6.45, 7) is 4.07. The fraction of sp³-hybridized carbons (Fsp3) is 0.378. The van der Waals surface area contributed by atoms with Crippen molar-refractivity contribution in [1.82, 2.24) is 24.9 Å². The van der Waals surface area contributed by atoms with Gasteiger partial charge in [-0.1, -0.05) is 42.5 Å². The Balaban J connectivity index is 1.13. The number of aldehydes is 1. The van der Waals surface area contributed by atoms with E-state index in [0.717, 1.165) is 47.2 Å². The minimum Gasteiger partial charge on any atom is -0.438 e. The highest BCUT2D eigenvalue weighted by Crippen LogP contribution is 2.46. The van der Waals surface area contributed by atoms with E-state index in [-0.39, 0.29) is 30.3 Å². The number of nitrogens with zero attached hydrogens (tertiary/aromatic N) is 4. The van der Waals surface area contributed by atoms with Gasteiger partial charge in [0, 0.05) is 42.0 Å². The van der Waals surface area contributed by atoms with Gasteiger partial charge in [0.15, 0.2) is 0 Å². The number of fused-ring (bicyclic) bond motifs is 3. The third kappa shape index (κ3) is 7.43. The predicted molar refractivity (Wildman–Crippen MR) is 194 cm³/mol. The van der Waals surface area contributed by atoms with Gasteiger partial charge in [-0.25, -0.2) is 4.98 Å². The number of rotatable bonds is 14. The van der Waals surface area contributed by atoms with E-state index in [1.807, 2.05) is 55.5 Å². The van der Waals surface area contributed by atoms with Crippen LogP contribution in [0.3, 0.4) is 0 Å². The fourth-order valence-electron chi connectivity index (χ4n) is 7.61. The summed E-state index contributed by atoms with van der Waals surface area (Å²) < 4.78 is 1.60. The molecule has 4 heterocycles. The van der Waals surface area contributed by atoms with Crippen LogP contribution in [0.2, 0.25) is 6.82 Å². The first-order valence-corrected chi connectivity index (χ1v) is 17.4. The number of likely N-dealkylation sites (tertiary alicyclic amines) is 1. The molecule has 2 aliphatic heterocycles. The number of aromatic nitrogens is 2. The number of benzene rings is 1. The van der Waals surface area contributed by atoms with Gasteiger partial charge < -0.3 is 34.9 Å². The smallest absolute Gasteiger partial charge is 0.364 e. The zero-order valence-corrected chi connectivity index (χ0v) is 28.8. The molecule has 1 spiro atoms. The summed E-state index contributed by atoms with van der Waals surface area (Å²) in [5.41, 5.74) is 3.60. The molecule has 14 heteroatoms. The summed E-state index contributed by atoms with van der Waals surface area (Å²) in [5.74, 6) is -0.445. The van der Waals surface area contributed by atoms with Crippen LogP contribution >= 0.6 is 0 Å². The Morgan fingerprint density at radius 1 is 1.16 bits per heavy atom. The van der Waals surface area contributed by atoms with Crippen molar-refractivity contribution in [3.8, 4) is 0 Å². The minimum atomic E-state index is -0.899. The van der Waals surface area contributed by atoms with Gasteiger partial charge in [-0.2, -0.15) is 0 Å². The number of carbonyl (C=O) groups is 5. The van der Waals surface area contributed by atoms with Crippen LogP contribution in [-0.4, -0.2) is 94.4 Å². The molecule has 1 radical (unpaired) electrons. The number of hydrogen-bond acceptors (Lipinski definition) is 9. The molecule has 1 aliphatic carbocycles. The fourth-order valence-corrected chi connectivity index (χ4v) is 7.61. The number of unbranched alkanes of at least 4 members (excludes halogenated alkanes) is 2. The number of pyridine rings is 2. The molecule has 0 saturated carbocycles. The molecule has 6 rings (SSSR count). The van der Waals surface area contributed by atoms with Crippen LogP contribution in [0.4, 0.5) is 5.82 Å². The van der Waals surface area contributed by atoms with Crippen molar-refractivity contribution in [2.75, 3.05) is 18.4 Å². The average molecular weight is 687 g/mol. The van der Waals surface area contributed by atoms with E-state index in [2.05, 4.69) is 20.6 Å². The summed E-state index contributed by atoms with van der Waals surface area (Å²) in [6, 6.07) is 12.5. The highest BCUT2D eigenvalue weighted by molar-refractivity contribution is 6.73. The molecular formula is C37H41B2N6O6. The topological polar surface area (TPSA) is 162 Å². The third-order valence-electron chi connectivity index (χ3n) is 10.4. The lowest BCUT2D eigenvalue weighted by molar-refractivity contribution is -0.141. The van der Waals surface area contributed by atoms with Crippen LogP contribution in [-0.2, 0) is 37.4 Å². The number of anilines is 1. The standard InChI is InChI=1S/C37H41B2N6O6/c1-24-29(26-11-7-5-8-12-26)18-31(35(49)44(24)14-15-46)42-34(48)28-17-27-19-37(20-32(27)40-22-28)30-16-25(21-41-33(30)43-36(37)50)10-6-3-4-9-13-45(38-23-47)39(2)51/h5-8,10-12,15-17,21-24,29,31,51H,3-4,9,13-14,18-20H2,1-2H3,(H,42,48)(H,41,43,50)/b10-6+/t24?,29?,31?,37-/m0/s1. The zero-order chi connectivity index (χ0) is 36.1. The SMILES string of the molecule is CB(O)N([B]C=O)CCCC/C=C/c1cnc2c(c1)[C@@]1(Cc3cc(C(=O)NC4CC(c5ccccc5)C(C)N(CC=O)C4=O)cnc3C1)C(=O)N2. The number of allylic oxidation sites excluding steroid dienone is 1. The largest absolute Gasteiger partial charge is 0.438 e. The molecule has 1 fully saturated rings. The molecule has 51 heavy (non-hydrogen) atoms. The molecule has 2 aromatic heterocycles. The predicted octanol–water partition coefficient (Wildman–Crippen LogP) is 2.57. The van der Waals surface area contributed by atoms with Gasteiger partial charge in [-0.15, -0.1) is 0 Å². The van der Waals surface area contributed by atoms with Crippen molar-refractivity contribution in [3.63, 3.8) is 0 Å². The molecule has 3 N–H and O–H groups in total. The number of amides is 3. The van der Waals surface area contributed by atoms with Crippen LogP contribution in [0.25, 0.3) is 6.08 Å². The highest BCUT2D eigenvalue weighted by atomic mass is 16.2. The summed E-state index contributed by atoms with van der Waals surface area (Å²) in [4.78, 5) is 73.5. The monoisotopic (exact) mass is 687 g/mol. The van der Waals surface area contributed by atoms with Crippen molar-refractivity contribution >= 4 is 56.6 Å². The van der Waals surface area contributed by atoms with Crippen LogP contribution < -0.4 is 10.6 Å². The van der Waals surface area contributed by atoms with Crippen molar-refractivity contribution in [1.29, 1.82) is 0 Å². The molecule has 3 aliphatic rings. The van der Waals surface area contributed by atoms with Gasteiger partial charge in [-0.3, -0.25) is 19.4 Å².